The number of hydrazine groups is 1. The van der Waals surface area contributed by atoms with Crippen LogP contribution in [-0.4, -0.2) is 15.7 Å². The van der Waals surface area contributed by atoms with E-state index in [0.29, 0.717) is 5.92 Å². The van der Waals surface area contributed by atoms with Crippen LogP contribution in [0, 0.1) is 12.8 Å². The molecule has 0 aliphatic rings. The molecule has 3 N–H and O–H groups in total. The van der Waals surface area contributed by atoms with Crippen LogP contribution < -0.4 is 11.3 Å². The van der Waals surface area contributed by atoms with Crippen LogP contribution >= 0.6 is 11.8 Å². The van der Waals surface area contributed by atoms with Crippen molar-refractivity contribution in [3.8, 4) is 0 Å². The Labute approximate surface area is 108 Å². The largest absolute Gasteiger partial charge is 0.308 e. The maximum absolute atomic E-state index is 5.47. The lowest BCUT2D eigenvalue weighted by molar-refractivity contribution is 0.749. The van der Waals surface area contributed by atoms with Gasteiger partial charge in [0.25, 0.3) is 0 Å². The van der Waals surface area contributed by atoms with Gasteiger partial charge in [-0.05, 0) is 25.0 Å². The summed E-state index contributed by atoms with van der Waals surface area (Å²) in [5.41, 5.74) is 4.77. The summed E-state index contributed by atoms with van der Waals surface area (Å²) in [6.45, 7) is 8.53. The van der Waals surface area contributed by atoms with E-state index in [1.54, 1.807) is 0 Å². The van der Waals surface area contributed by atoms with Crippen LogP contribution in [0.25, 0.3) is 0 Å². The zero-order valence-electron chi connectivity index (χ0n) is 11.1. The van der Waals surface area contributed by atoms with Gasteiger partial charge < -0.3 is 5.43 Å². The monoisotopic (exact) mass is 254 g/mol. The Morgan fingerprint density at radius 3 is 2.59 bits per heavy atom. The van der Waals surface area contributed by atoms with Gasteiger partial charge in [-0.3, -0.25) is 0 Å². The lowest BCUT2D eigenvalue weighted by Crippen LogP contribution is -2.14. The number of aromatic nitrogens is 2. The van der Waals surface area contributed by atoms with Crippen LogP contribution in [0.3, 0.4) is 0 Å². The van der Waals surface area contributed by atoms with Crippen LogP contribution in [0.2, 0.25) is 0 Å². The van der Waals surface area contributed by atoms with Gasteiger partial charge in [-0.15, -0.1) is 0 Å². The van der Waals surface area contributed by atoms with E-state index in [4.69, 9.17) is 5.84 Å². The Kier molecular flexibility index (Phi) is 5.71. The average Bonchev–Trinajstić information content (AvgIpc) is 2.30. The Morgan fingerprint density at radius 1 is 1.35 bits per heavy atom. The van der Waals surface area contributed by atoms with Crippen molar-refractivity contribution in [1.82, 2.24) is 9.97 Å². The summed E-state index contributed by atoms with van der Waals surface area (Å²) in [6.07, 6.45) is 0.908. The molecule has 0 atom stereocenters. The minimum absolute atomic E-state index is 0.697. The summed E-state index contributed by atoms with van der Waals surface area (Å²) in [7, 11) is 0. The third kappa shape index (κ3) is 4.16. The molecule has 4 nitrogen and oxygen atoms in total. The number of thioether (sulfide) groups is 1. The predicted molar refractivity (Wildman–Crippen MR) is 75.0 cm³/mol. The molecule has 0 unspecified atom stereocenters. The zero-order valence-corrected chi connectivity index (χ0v) is 11.9. The summed E-state index contributed by atoms with van der Waals surface area (Å²) < 4.78 is 0. The van der Waals surface area contributed by atoms with E-state index in [9.17, 15) is 0 Å². The van der Waals surface area contributed by atoms with Crippen LogP contribution in [0.5, 0.6) is 0 Å². The third-order valence-electron chi connectivity index (χ3n) is 2.45. The average molecular weight is 254 g/mol. The van der Waals surface area contributed by atoms with Crippen molar-refractivity contribution in [2.45, 2.75) is 39.9 Å². The number of nitrogen functional groups attached to an aromatic ring is 1. The first-order chi connectivity index (χ1) is 8.08. The highest BCUT2D eigenvalue weighted by atomic mass is 32.2. The van der Waals surface area contributed by atoms with E-state index in [1.165, 1.54) is 0 Å². The van der Waals surface area contributed by atoms with Gasteiger partial charge in [-0.1, -0.05) is 20.8 Å². The molecule has 0 aliphatic heterocycles. The van der Waals surface area contributed by atoms with E-state index < -0.39 is 0 Å². The van der Waals surface area contributed by atoms with E-state index in [0.717, 1.165) is 40.8 Å². The summed E-state index contributed by atoms with van der Waals surface area (Å²) >= 11 is 1.87. The van der Waals surface area contributed by atoms with Crippen molar-refractivity contribution in [2.75, 3.05) is 11.2 Å². The molecule has 17 heavy (non-hydrogen) atoms. The second-order valence-corrected chi connectivity index (χ2v) is 5.50. The van der Waals surface area contributed by atoms with Crippen LogP contribution in [0.1, 0.15) is 37.9 Å². The Morgan fingerprint density at radius 2 is 2.06 bits per heavy atom. The second kappa shape index (κ2) is 6.81. The predicted octanol–water partition coefficient (Wildman–Crippen LogP) is 2.52. The second-order valence-electron chi connectivity index (χ2n) is 4.47. The van der Waals surface area contributed by atoms with Gasteiger partial charge in [0.1, 0.15) is 11.6 Å². The molecular weight excluding hydrogens is 232 g/mol. The quantitative estimate of drug-likeness (QED) is 0.603. The van der Waals surface area contributed by atoms with E-state index in [2.05, 4.69) is 36.2 Å². The number of nitrogens with zero attached hydrogens (tertiary/aromatic N) is 2. The van der Waals surface area contributed by atoms with Gasteiger partial charge in [-0.25, -0.2) is 15.8 Å². The fourth-order valence-electron chi connectivity index (χ4n) is 1.55. The lowest BCUT2D eigenvalue weighted by Gasteiger charge is -2.11. The SMILES string of the molecule is CCc1nc(CSCC(C)C)nc(NN)c1C. The highest BCUT2D eigenvalue weighted by Crippen LogP contribution is 2.18. The van der Waals surface area contributed by atoms with Crippen LogP contribution in [0.15, 0.2) is 0 Å². The molecule has 1 heterocycles. The molecule has 0 bridgehead atoms. The zero-order chi connectivity index (χ0) is 12.8. The molecule has 96 valence electrons. The van der Waals surface area contributed by atoms with Crippen molar-refractivity contribution in [1.29, 1.82) is 0 Å². The number of nitrogens with one attached hydrogen (secondary N) is 1. The number of rotatable bonds is 6. The molecular formula is C12H22N4S. The fraction of sp³-hybridized carbons (Fsp3) is 0.667. The Balaban J connectivity index is 2.78. The summed E-state index contributed by atoms with van der Waals surface area (Å²) in [4.78, 5) is 9.00. The highest BCUT2D eigenvalue weighted by molar-refractivity contribution is 7.98. The topological polar surface area (TPSA) is 63.8 Å². The van der Waals surface area contributed by atoms with Crippen LogP contribution in [-0.2, 0) is 12.2 Å². The maximum Gasteiger partial charge on any atom is 0.146 e. The van der Waals surface area contributed by atoms with Crippen molar-refractivity contribution in [3.05, 3.63) is 17.1 Å². The molecule has 0 radical (unpaired) electrons. The highest BCUT2D eigenvalue weighted by Gasteiger charge is 2.09. The standard InChI is InChI=1S/C12H22N4S/c1-5-10-9(4)12(16-13)15-11(14-10)7-17-6-8(2)3/h8H,5-7,13H2,1-4H3,(H,14,15,16). The fourth-order valence-corrected chi connectivity index (χ4v) is 2.45. The summed E-state index contributed by atoms with van der Waals surface area (Å²) in [5, 5.41) is 0. The first kappa shape index (κ1) is 14.3. The first-order valence-corrected chi connectivity index (χ1v) is 7.14. The minimum Gasteiger partial charge on any atom is -0.308 e. The molecule has 0 fully saturated rings. The van der Waals surface area contributed by atoms with Crippen LogP contribution in [0.4, 0.5) is 5.82 Å². The molecule has 0 aliphatic carbocycles. The van der Waals surface area contributed by atoms with E-state index >= 15 is 0 Å². The molecule has 0 spiro atoms. The molecule has 0 aromatic carbocycles. The van der Waals surface area contributed by atoms with Gasteiger partial charge in [-0.2, -0.15) is 11.8 Å². The first-order valence-electron chi connectivity index (χ1n) is 5.99. The van der Waals surface area contributed by atoms with Crippen molar-refractivity contribution < 1.29 is 0 Å². The van der Waals surface area contributed by atoms with Crippen molar-refractivity contribution >= 4 is 17.6 Å². The van der Waals surface area contributed by atoms with Gasteiger partial charge in [0, 0.05) is 11.3 Å². The maximum atomic E-state index is 5.47. The number of anilines is 1. The number of hydrogen-bond donors (Lipinski definition) is 2. The van der Waals surface area contributed by atoms with E-state index in [1.807, 2.05) is 18.7 Å². The number of nitrogens with two attached hydrogens (primary N) is 1. The van der Waals surface area contributed by atoms with Gasteiger partial charge >= 0.3 is 0 Å². The van der Waals surface area contributed by atoms with E-state index in [-0.39, 0.29) is 0 Å². The summed E-state index contributed by atoms with van der Waals surface area (Å²) in [5.74, 6) is 9.76. The third-order valence-corrected chi connectivity index (χ3v) is 3.81. The molecule has 5 heteroatoms. The van der Waals surface area contributed by atoms with Crippen molar-refractivity contribution in [3.63, 3.8) is 0 Å². The van der Waals surface area contributed by atoms with Gasteiger partial charge in [0.2, 0.25) is 0 Å². The Hall–Kier alpha value is -0.810. The van der Waals surface area contributed by atoms with Gasteiger partial charge in [0.05, 0.1) is 5.75 Å². The normalized spacial score (nSPS) is 10.9. The molecule has 1 rings (SSSR count). The Bertz CT molecular complexity index is 341. The lowest BCUT2D eigenvalue weighted by atomic mass is 10.2. The molecule has 0 amide bonds. The number of aryl methyl sites for hydroxylation is 1. The molecule has 1 aromatic rings. The van der Waals surface area contributed by atoms with Gasteiger partial charge in [0.15, 0.2) is 0 Å². The number of hydrogen-bond acceptors (Lipinski definition) is 5. The smallest absolute Gasteiger partial charge is 0.146 e. The summed E-state index contributed by atoms with van der Waals surface area (Å²) in [6, 6.07) is 0. The molecule has 1 aromatic heterocycles. The molecule has 0 saturated heterocycles. The molecule has 0 saturated carbocycles. The van der Waals surface area contributed by atoms with Crippen molar-refractivity contribution in [2.24, 2.45) is 11.8 Å². The minimum atomic E-state index is 0.697.